The minimum absolute atomic E-state index is 0.322. The van der Waals surface area contributed by atoms with Crippen LogP contribution in [0.1, 0.15) is 54.5 Å². The number of hydrogen-bond acceptors (Lipinski definition) is 7. The molecule has 3 fully saturated rings. The Kier molecular flexibility index (Phi) is 4.19. The molecule has 3 aromatic rings. The SMILES string of the molecule is Cc1ccnc(N2CC3(CC(c4nnc5n4-c4ccc(Cl)cc4CN(C4(C#N)CC4)C5)C3)C2)n1. The molecule has 0 unspecified atom stereocenters. The van der Waals surface area contributed by atoms with Crippen LogP contribution in [0, 0.1) is 23.7 Å². The third kappa shape index (κ3) is 3.00. The molecule has 0 atom stereocenters. The second-order valence-corrected chi connectivity index (χ2v) is 11.0. The van der Waals surface area contributed by atoms with E-state index in [4.69, 9.17) is 16.7 Å². The number of hydrogen-bond donors (Lipinski definition) is 0. The summed E-state index contributed by atoms with van der Waals surface area (Å²) in [5.41, 5.74) is 3.17. The summed E-state index contributed by atoms with van der Waals surface area (Å²) in [6.45, 7) is 5.33. The van der Waals surface area contributed by atoms with Gasteiger partial charge in [-0.2, -0.15) is 5.26 Å². The molecule has 2 saturated carbocycles. The van der Waals surface area contributed by atoms with Gasteiger partial charge in [0.25, 0.3) is 0 Å². The average Bonchev–Trinajstić information content (AvgIpc) is 3.50. The van der Waals surface area contributed by atoms with Crippen molar-refractivity contribution in [2.45, 2.75) is 57.2 Å². The first-order valence-electron chi connectivity index (χ1n) is 11.9. The molecule has 0 amide bonds. The second-order valence-electron chi connectivity index (χ2n) is 10.5. The van der Waals surface area contributed by atoms with Crippen LogP contribution in [-0.4, -0.2) is 48.3 Å². The summed E-state index contributed by atoms with van der Waals surface area (Å²) < 4.78 is 2.25. The summed E-state index contributed by atoms with van der Waals surface area (Å²) in [5.74, 6) is 3.17. The smallest absolute Gasteiger partial charge is 0.225 e. The minimum Gasteiger partial charge on any atom is -0.340 e. The van der Waals surface area contributed by atoms with E-state index in [1.807, 2.05) is 31.3 Å². The molecule has 2 aliphatic heterocycles. The summed E-state index contributed by atoms with van der Waals surface area (Å²) in [6, 6.07) is 10.5. The van der Waals surface area contributed by atoms with Crippen LogP contribution >= 0.6 is 11.6 Å². The highest BCUT2D eigenvalue weighted by atomic mass is 35.5. The average molecular weight is 473 g/mol. The van der Waals surface area contributed by atoms with Gasteiger partial charge in [-0.05, 0) is 62.4 Å². The highest BCUT2D eigenvalue weighted by Gasteiger charge is 2.55. The Bertz CT molecular complexity index is 1340. The topological polar surface area (TPSA) is 86.8 Å². The van der Waals surface area contributed by atoms with Gasteiger partial charge in [0.2, 0.25) is 5.95 Å². The molecule has 1 saturated heterocycles. The fourth-order valence-electron chi connectivity index (χ4n) is 6.13. The first-order chi connectivity index (χ1) is 16.5. The zero-order valence-corrected chi connectivity index (χ0v) is 19.8. The third-order valence-electron chi connectivity index (χ3n) is 8.11. The van der Waals surface area contributed by atoms with E-state index in [-0.39, 0.29) is 5.54 Å². The number of nitrogens with zero attached hydrogens (tertiary/aromatic N) is 8. The Labute approximate surface area is 203 Å². The lowest BCUT2D eigenvalue weighted by molar-refractivity contribution is 0.0574. The molecule has 0 N–H and O–H groups in total. The van der Waals surface area contributed by atoms with Crippen LogP contribution in [0.15, 0.2) is 30.5 Å². The van der Waals surface area contributed by atoms with Crippen molar-refractivity contribution in [1.82, 2.24) is 29.6 Å². The van der Waals surface area contributed by atoms with Crippen LogP contribution in [0.25, 0.3) is 5.69 Å². The largest absolute Gasteiger partial charge is 0.340 e. The van der Waals surface area contributed by atoms with Crippen molar-refractivity contribution in [3.8, 4) is 11.8 Å². The van der Waals surface area contributed by atoms with Crippen molar-refractivity contribution >= 4 is 17.5 Å². The second kappa shape index (κ2) is 7.00. The molecule has 172 valence electrons. The molecule has 7 rings (SSSR count). The number of aromatic nitrogens is 5. The first kappa shape index (κ1) is 20.4. The van der Waals surface area contributed by atoms with Gasteiger partial charge < -0.3 is 4.90 Å². The van der Waals surface area contributed by atoms with E-state index in [9.17, 15) is 5.26 Å². The maximum Gasteiger partial charge on any atom is 0.225 e. The number of nitriles is 1. The van der Waals surface area contributed by atoms with Crippen molar-refractivity contribution in [1.29, 1.82) is 5.26 Å². The molecular formula is C25H25ClN8. The Morgan fingerprint density at radius 3 is 2.68 bits per heavy atom. The maximum absolute atomic E-state index is 9.83. The summed E-state index contributed by atoms with van der Waals surface area (Å²) in [6.07, 6.45) is 5.85. The zero-order chi connectivity index (χ0) is 23.1. The Balaban J connectivity index is 1.16. The molecule has 1 aromatic carbocycles. The van der Waals surface area contributed by atoms with E-state index in [0.717, 1.165) is 73.3 Å². The van der Waals surface area contributed by atoms with Crippen LogP contribution in [-0.2, 0) is 13.1 Å². The van der Waals surface area contributed by atoms with Gasteiger partial charge in [-0.25, -0.2) is 9.97 Å². The standard InChI is InChI=1S/C25H25ClN8/c1-16-4-7-28-23(29-16)32-14-24(15-32)9-18(10-24)22-31-30-21-12-33(25(13-27)5-6-25)11-17-8-19(26)2-3-20(17)34(21)22/h2-4,7-8,18H,5-6,9-12,14-15H2,1H3. The minimum atomic E-state index is -0.380. The summed E-state index contributed by atoms with van der Waals surface area (Å²) in [5, 5.41) is 19.9. The lowest BCUT2D eigenvalue weighted by atomic mass is 9.57. The lowest BCUT2D eigenvalue weighted by Gasteiger charge is -2.58. The molecule has 2 aromatic heterocycles. The number of fused-ring (bicyclic) bond motifs is 3. The molecule has 2 aliphatic carbocycles. The van der Waals surface area contributed by atoms with Crippen LogP contribution in [0.3, 0.4) is 0 Å². The number of aryl methyl sites for hydroxylation is 1. The highest BCUT2D eigenvalue weighted by Crippen LogP contribution is 2.56. The molecule has 1 spiro atoms. The molecule has 34 heavy (non-hydrogen) atoms. The van der Waals surface area contributed by atoms with Gasteiger partial charge in [-0.15, -0.1) is 10.2 Å². The molecule has 0 radical (unpaired) electrons. The van der Waals surface area contributed by atoms with Gasteiger partial charge in [0.1, 0.15) is 11.4 Å². The van der Waals surface area contributed by atoms with Crippen LogP contribution in [0.4, 0.5) is 5.95 Å². The normalized spacial score (nSPS) is 22.2. The number of rotatable bonds is 3. The van der Waals surface area contributed by atoms with E-state index < -0.39 is 0 Å². The maximum atomic E-state index is 9.83. The van der Waals surface area contributed by atoms with Crippen LogP contribution < -0.4 is 4.90 Å². The number of anilines is 1. The zero-order valence-electron chi connectivity index (χ0n) is 19.1. The Morgan fingerprint density at radius 1 is 1.12 bits per heavy atom. The van der Waals surface area contributed by atoms with Crippen molar-refractivity contribution in [2.75, 3.05) is 18.0 Å². The molecule has 4 heterocycles. The number of halogens is 1. The van der Waals surface area contributed by atoms with E-state index in [2.05, 4.69) is 41.6 Å². The van der Waals surface area contributed by atoms with Gasteiger partial charge in [0.15, 0.2) is 5.82 Å². The van der Waals surface area contributed by atoms with Gasteiger partial charge in [-0.3, -0.25) is 9.47 Å². The van der Waals surface area contributed by atoms with Crippen molar-refractivity contribution < 1.29 is 0 Å². The summed E-state index contributed by atoms with van der Waals surface area (Å²) in [7, 11) is 0. The van der Waals surface area contributed by atoms with Gasteiger partial charge >= 0.3 is 0 Å². The Morgan fingerprint density at radius 2 is 1.94 bits per heavy atom. The first-order valence-corrected chi connectivity index (χ1v) is 12.3. The molecule has 0 bridgehead atoms. The lowest BCUT2D eigenvalue weighted by Crippen LogP contribution is -2.62. The predicted molar refractivity (Wildman–Crippen MR) is 127 cm³/mol. The molecule has 9 heteroatoms. The highest BCUT2D eigenvalue weighted by molar-refractivity contribution is 6.30. The van der Waals surface area contributed by atoms with E-state index in [1.54, 1.807) is 0 Å². The predicted octanol–water partition coefficient (Wildman–Crippen LogP) is 3.77. The van der Waals surface area contributed by atoms with Crippen LogP contribution in [0.2, 0.25) is 5.02 Å². The quantitative estimate of drug-likeness (QED) is 0.573. The Hall–Kier alpha value is -3.02. The van der Waals surface area contributed by atoms with Gasteiger partial charge in [0, 0.05) is 47.9 Å². The number of benzene rings is 1. The van der Waals surface area contributed by atoms with Gasteiger partial charge in [0.05, 0.1) is 18.3 Å². The van der Waals surface area contributed by atoms with Gasteiger partial charge in [-0.1, -0.05) is 11.6 Å². The van der Waals surface area contributed by atoms with E-state index in [1.165, 1.54) is 0 Å². The summed E-state index contributed by atoms with van der Waals surface area (Å²) in [4.78, 5) is 13.6. The monoisotopic (exact) mass is 472 g/mol. The molecule has 4 aliphatic rings. The van der Waals surface area contributed by atoms with Crippen molar-refractivity contribution in [3.63, 3.8) is 0 Å². The summed E-state index contributed by atoms with van der Waals surface area (Å²) >= 11 is 6.38. The molecular weight excluding hydrogens is 448 g/mol. The fraction of sp³-hybridized carbons (Fsp3) is 0.480. The fourth-order valence-corrected chi connectivity index (χ4v) is 6.32. The van der Waals surface area contributed by atoms with Crippen LogP contribution in [0.5, 0.6) is 0 Å². The van der Waals surface area contributed by atoms with Crippen molar-refractivity contribution in [2.24, 2.45) is 5.41 Å². The van der Waals surface area contributed by atoms with E-state index >= 15 is 0 Å². The molecule has 8 nitrogen and oxygen atoms in total. The van der Waals surface area contributed by atoms with Crippen molar-refractivity contribution in [3.05, 3.63) is 58.4 Å². The third-order valence-corrected chi connectivity index (χ3v) is 8.34. The van der Waals surface area contributed by atoms with E-state index in [0.29, 0.717) is 29.4 Å².